The number of hydrogen-bond acceptors (Lipinski definition) is 4. The molecule has 1 amide bonds. The first-order valence-electron chi connectivity index (χ1n) is 5.96. The minimum Gasteiger partial charge on any atom is -0.480 e. The number of nitrogens with zero attached hydrogens (tertiary/aromatic N) is 1. The van der Waals surface area contributed by atoms with Crippen LogP contribution >= 0.6 is 11.8 Å². The lowest BCUT2D eigenvalue weighted by Crippen LogP contribution is -2.45. The van der Waals surface area contributed by atoms with Crippen LogP contribution in [0.15, 0.2) is 0 Å². The molecule has 0 aromatic heterocycles. The number of carboxylic acid groups (broad SMARTS) is 1. The first-order valence-corrected chi connectivity index (χ1v) is 7.11. The van der Waals surface area contributed by atoms with Crippen molar-refractivity contribution in [3.63, 3.8) is 0 Å². The van der Waals surface area contributed by atoms with E-state index in [2.05, 4.69) is 0 Å². The van der Waals surface area contributed by atoms with Crippen LogP contribution in [0.1, 0.15) is 25.7 Å². The number of rotatable bonds is 2. The Balaban J connectivity index is 1.97. The maximum Gasteiger partial charge on any atom is 0.327 e. The molecular formula is C11H18N2O3S. The normalized spacial score (nSPS) is 33.7. The maximum absolute atomic E-state index is 12.2. The molecule has 1 aliphatic heterocycles. The summed E-state index contributed by atoms with van der Waals surface area (Å²) in [5.74, 6) is 0.117. The topological polar surface area (TPSA) is 83.6 Å². The van der Waals surface area contributed by atoms with Gasteiger partial charge in [-0.25, -0.2) is 4.79 Å². The molecule has 0 aromatic carbocycles. The number of thioether (sulfide) groups is 1. The van der Waals surface area contributed by atoms with E-state index in [9.17, 15) is 9.59 Å². The minimum absolute atomic E-state index is 0.00861. The Morgan fingerprint density at radius 3 is 2.47 bits per heavy atom. The zero-order valence-corrected chi connectivity index (χ0v) is 10.5. The Morgan fingerprint density at radius 2 is 1.88 bits per heavy atom. The fourth-order valence-corrected chi connectivity index (χ4v) is 3.62. The summed E-state index contributed by atoms with van der Waals surface area (Å²) >= 11 is 1.51. The smallest absolute Gasteiger partial charge is 0.327 e. The highest BCUT2D eigenvalue weighted by molar-refractivity contribution is 7.99. The van der Waals surface area contributed by atoms with E-state index in [-0.39, 0.29) is 17.9 Å². The number of carboxylic acids is 1. The van der Waals surface area contributed by atoms with Crippen molar-refractivity contribution in [2.45, 2.75) is 37.8 Å². The lowest BCUT2D eigenvalue weighted by molar-refractivity contribution is -0.149. The molecule has 1 heterocycles. The van der Waals surface area contributed by atoms with Gasteiger partial charge in [0.15, 0.2) is 0 Å². The van der Waals surface area contributed by atoms with E-state index in [4.69, 9.17) is 10.8 Å². The number of aliphatic carboxylic acids is 1. The maximum atomic E-state index is 12.2. The van der Waals surface area contributed by atoms with Gasteiger partial charge in [-0.3, -0.25) is 4.79 Å². The van der Waals surface area contributed by atoms with Crippen LogP contribution in [-0.4, -0.2) is 45.6 Å². The Labute approximate surface area is 105 Å². The van der Waals surface area contributed by atoms with Gasteiger partial charge in [-0.2, -0.15) is 0 Å². The van der Waals surface area contributed by atoms with Gasteiger partial charge in [0.1, 0.15) is 6.04 Å². The molecule has 2 rings (SSSR count). The van der Waals surface area contributed by atoms with Crippen molar-refractivity contribution in [2.75, 3.05) is 11.6 Å². The Morgan fingerprint density at radius 1 is 1.24 bits per heavy atom. The predicted molar refractivity (Wildman–Crippen MR) is 65.5 cm³/mol. The molecule has 1 atom stereocenters. The van der Waals surface area contributed by atoms with Gasteiger partial charge in [0.05, 0.1) is 5.88 Å². The minimum atomic E-state index is -0.893. The monoisotopic (exact) mass is 258 g/mol. The standard InChI is InChI=1S/C11H18N2O3S/c12-8-3-1-7(2-4-8)10(14)13-6-17-5-9(13)11(15)16/h7-9H,1-6,12H2,(H,15,16)/t7?,8?,9-/m0/s1. The zero-order valence-electron chi connectivity index (χ0n) is 9.67. The third kappa shape index (κ3) is 2.74. The van der Waals surface area contributed by atoms with E-state index in [1.54, 1.807) is 0 Å². The molecule has 0 spiro atoms. The summed E-state index contributed by atoms with van der Waals surface area (Å²) in [6, 6.07) is -0.426. The van der Waals surface area contributed by atoms with Gasteiger partial charge in [0.2, 0.25) is 5.91 Å². The molecule has 0 bridgehead atoms. The van der Waals surface area contributed by atoms with Gasteiger partial charge in [0, 0.05) is 17.7 Å². The number of hydrogen-bond donors (Lipinski definition) is 2. The third-order valence-electron chi connectivity index (χ3n) is 3.57. The molecule has 5 nitrogen and oxygen atoms in total. The average Bonchev–Trinajstić information content (AvgIpc) is 2.78. The molecule has 17 heavy (non-hydrogen) atoms. The molecule has 1 aliphatic carbocycles. The first-order chi connectivity index (χ1) is 8.09. The fourth-order valence-electron chi connectivity index (χ4n) is 2.47. The summed E-state index contributed by atoms with van der Waals surface area (Å²) in [6.07, 6.45) is 3.34. The average molecular weight is 258 g/mol. The predicted octanol–water partition coefficient (Wildman–Crippen LogP) is 0.490. The van der Waals surface area contributed by atoms with Crippen LogP contribution in [0.5, 0.6) is 0 Å². The van der Waals surface area contributed by atoms with Crippen molar-refractivity contribution in [2.24, 2.45) is 11.7 Å². The van der Waals surface area contributed by atoms with Gasteiger partial charge in [-0.1, -0.05) is 0 Å². The van der Waals surface area contributed by atoms with Crippen LogP contribution in [0.25, 0.3) is 0 Å². The summed E-state index contributed by atoms with van der Waals surface area (Å²) < 4.78 is 0. The molecule has 0 radical (unpaired) electrons. The van der Waals surface area contributed by atoms with E-state index >= 15 is 0 Å². The number of amides is 1. The molecular weight excluding hydrogens is 240 g/mol. The first kappa shape index (κ1) is 12.7. The van der Waals surface area contributed by atoms with E-state index in [0.717, 1.165) is 25.7 Å². The molecule has 2 aliphatic rings. The highest BCUT2D eigenvalue weighted by atomic mass is 32.2. The van der Waals surface area contributed by atoms with Crippen molar-refractivity contribution in [3.05, 3.63) is 0 Å². The quantitative estimate of drug-likeness (QED) is 0.753. The van der Waals surface area contributed by atoms with Crippen LogP contribution < -0.4 is 5.73 Å². The Kier molecular flexibility index (Phi) is 3.93. The van der Waals surface area contributed by atoms with Gasteiger partial charge in [0.25, 0.3) is 0 Å². The van der Waals surface area contributed by atoms with E-state index in [1.807, 2.05) is 0 Å². The molecule has 6 heteroatoms. The van der Waals surface area contributed by atoms with Gasteiger partial charge >= 0.3 is 5.97 Å². The third-order valence-corrected chi connectivity index (χ3v) is 4.58. The molecule has 0 aromatic rings. The molecule has 1 saturated heterocycles. The lowest BCUT2D eigenvalue weighted by atomic mass is 9.85. The molecule has 1 saturated carbocycles. The summed E-state index contributed by atoms with van der Waals surface area (Å²) in [7, 11) is 0. The van der Waals surface area contributed by atoms with Gasteiger partial charge in [-0.05, 0) is 25.7 Å². The molecule has 2 fully saturated rings. The number of carbonyl (C=O) groups is 2. The molecule has 3 N–H and O–H groups in total. The van der Waals surface area contributed by atoms with Crippen molar-refractivity contribution in [3.8, 4) is 0 Å². The fraction of sp³-hybridized carbons (Fsp3) is 0.818. The van der Waals surface area contributed by atoms with Gasteiger partial charge in [-0.15, -0.1) is 11.8 Å². The highest BCUT2D eigenvalue weighted by Gasteiger charge is 2.38. The highest BCUT2D eigenvalue weighted by Crippen LogP contribution is 2.29. The Bertz CT molecular complexity index is 316. The van der Waals surface area contributed by atoms with Crippen LogP contribution in [0.3, 0.4) is 0 Å². The largest absolute Gasteiger partial charge is 0.480 e. The zero-order chi connectivity index (χ0) is 12.4. The van der Waals surface area contributed by atoms with E-state index < -0.39 is 12.0 Å². The van der Waals surface area contributed by atoms with Crippen LogP contribution in [0, 0.1) is 5.92 Å². The van der Waals surface area contributed by atoms with E-state index in [0.29, 0.717) is 11.6 Å². The molecule has 96 valence electrons. The SMILES string of the molecule is NC1CCC(C(=O)N2CSC[C@H]2C(=O)O)CC1. The van der Waals surface area contributed by atoms with Crippen LogP contribution in [-0.2, 0) is 9.59 Å². The van der Waals surface area contributed by atoms with Gasteiger partial charge < -0.3 is 15.7 Å². The number of nitrogens with two attached hydrogens (primary N) is 1. The second kappa shape index (κ2) is 5.27. The van der Waals surface area contributed by atoms with Crippen molar-refractivity contribution >= 4 is 23.6 Å². The van der Waals surface area contributed by atoms with Crippen LogP contribution in [0.2, 0.25) is 0 Å². The second-order valence-corrected chi connectivity index (χ2v) is 5.77. The van der Waals surface area contributed by atoms with Crippen molar-refractivity contribution < 1.29 is 14.7 Å². The lowest BCUT2D eigenvalue weighted by Gasteiger charge is -2.30. The molecule has 0 unspecified atom stereocenters. The second-order valence-electron chi connectivity index (χ2n) is 4.77. The summed E-state index contributed by atoms with van der Waals surface area (Å²) in [6.45, 7) is 0. The summed E-state index contributed by atoms with van der Waals surface area (Å²) in [5.41, 5.74) is 5.80. The summed E-state index contributed by atoms with van der Waals surface area (Å²) in [4.78, 5) is 24.8. The van der Waals surface area contributed by atoms with Crippen molar-refractivity contribution in [1.29, 1.82) is 0 Å². The summed E-state index contributed by atoms with van der Waals surface area (Å²) in [5, 5.41) is 9.05. The Hall–Kier alpha value is -0.750. The number of carbonyl (C=O) groups excluding carboxylic acids is 1. The van der Waals surface area contributed by atoms with Crippen LogP contribution in [0.4, 0.5) is 0 Å². The van der Waals surface area contributed by atoms with E-state index in [1.165, 1.54) is 16.7 Å². The van der Waals surface area contributed by atoms with Crippen molar-refractivity contribution in [1.82, 2.24) is 4.90 Å².